The predicted molar refractivity (Wildman–Crippen MR) is 244 cm³/mol. The predicted octanol–water partition coefficient (Wildman–Crippen LogP) is 13.1. The quantitative estimate of drug-likeness (QED) is 0.112. The summed E-state index contributed by atoms with van der Waals surface area (Å²) in [6, 6.07) is 12.8. The summed E-state index contributed by atoms with van der Waals surface area (Å²) in [7, 11) is -6.39. The molecule has 0 aromatic carbocycles. The molecule has 50 heavy (non-hydrogen) atoms. The van der Waals surface area contributed by atoms with Crippen LogP contribution in [0.15, 0.2) is 66.5 Å². The zero-order chi connectivity index (χ0) is 37.0. The summed E-state index contributed by atoms with van der Waals surface area (Å²) in [5.41, 5.74) is 0. The van der Waals surface area contributed by atoms with Gasteiger partial charge in [0.05, 0.1) is 9.81 Å². The monoisotopic (exact) mass is 1110 g/mol. The van der Waals surface area contributed by atoms with Crippen LogP contribution in [-0.4, -0.2) is 35.2 Å². The van der Waals surface area contributed by atoms with Crippen molar-refractivity contribution in [2.45, 2.75) is 113 Å². The molecule has 0 fully saturated rings. The summed E-state index contributed by atoms with van der Waals surface area (Å²) in [6.45, 7) is 13.5. The van der Waals surface area contributed by atoms with Crippen molar-refractivity contribution in [3.8, 4) is 0 Å². The Bertz CT molecular complexity index is 1780. The fourth-order valence-electron chi connectivity index (χ4n) is 5.83. The van der Waals surface area contributed by atoms with Gasteiger partial charge in [0.2, 0.25) is 19.7 Å². The zero-order valence-electron chi connectivity index (χ0n) is 30.2. The molecule has 0 unspecified atom stereocenters. The van der Waals surface area contributed by atoms with Gasteiger partial charge in [-0.2, -0.15) is 0 Å². The van der Waals surface area contributed by atoms with Crippen LogP contribution in [0.1, 0.15) is 104 Å². The van der Waals surface area contributed by atoms with Crippen LogP contribution in [-0.2, 0) is 38.9 Å². The number of allylic oxidation sites excluding steroid dienone is 4. The summed E-state index contributed by atoms with van der Waals surface area (Å²) >= 11 is 6.84. The molecule has 0 atom stereocenters. The Morgan fingerprint density at radius 1 is 0.520 bits per heavy atom. The minimum absolute atomic E-state index is 0.407. The van der Waals surface area contributed by atoms with Gasteiger partial charge in [-0.15, -0.1) is 22.7 Å². The van der Waals surface area contributed by atoms with Crippen LogP contribution in [0.3, 0.4) is 0 Å². The Hall–Kier alpha value is 0.219. The van der Waals surface area contributed by atoms with Crippen LogP contribution in [0.2, 0.25) is 13.3 Å². The van der Waals surface area contributed by atoms with E-state index in [4.69, 9.17) is 0 Å². The third-order valence-corrected chi connectivity index (χ3v) is 38.5. The van der Waals surface area contributed by atoms with Crippen molar-refractivity contribution in [2.24, 2.45) is 0 Å². The van der Waals surface area contributed by atoms with E-state index in [2.05, 4.69) is 65.0 Å². The molecule has 0 saturated heterocycles. The van der Waals surface area contributed by atoms with Gasteiger partial charge in [0.15, 0.2) is 0 Å². The average molecular weight is 1110 g/mol. The number of halogens is 2. The van der Waals surface area contributed by atoms with E-state index in [0.717, 1.165) is 22.6 Å². The number of thiophene rings is 3. The van der Waals surface area contributed by atoms with Gasteiger partial charge < -0.3 is 0 Å². The molecule has 0 amide bonds. The summed E-state index contributed by atoms with van der Waals surface area (Å²) < 4.78 is 54.9. The molecule has 0 saturated carbocycles. The maximum Gasteiger partial charge on any atom is 0.218 e. The number of hydrogen-bond acceptors (Lipinski definition) is 7. The number of rotatable bonds is 15. The first-order valence-electron chi connectivity index (χ1n) is 17.8. The zero-order valence-corrected chi connectivity index (χ0v) is 41.4. The molecule has 2 aliphatic rings. The van der Waals surface area contributed by atoms with Crippen molar-refractivity contribution in [3.05, 3.63) is 90.9 Å². The number of aryl methyl sites for hydroxylation is 3. The largest absolute Gasteiger partial charge is 0.218 e. The Morgan fingerprint density at radius 2 is 0.900 bits per heavy atom. The van der Waals surface area contributed by atoms with Gasteiger partial charge in [0.1, 0.15) is 5.82 Å². The molecular weight excluding hydrogens is 1050 g/mol. The second-order valence-corrected chi connectivity index (χ2v) is 37.7. The molecule has 3 aromatic heterocycles. The van der Waals surface area contributed by atoms with E-state index in [1.54, 1.807) is 110 Å². The second kappa shape index (κ2) is 21.3. The van der Waals surface area contributed by atoms with Gasteiger partial charge in [-0.25, -0.2) is 16.8 Å². The van der Waals surface area contributed by atoms with E-state index < -0.39 is 38.1 Å². The average Bonchev–Trinajstić information content (AvgIpc) is 3.95. The number of sulfone groups is 2. The van der Waals surface area contributed by atoms with Crippen LogP contribution in [0, 0.1) is 0 Å². The standard InChI is InChI=1S/C16H16O2S3.C6H7S.C4H2I2O2S.3C4H9.Sn/c1-3-11-5-7-13(19-11)15-9-10-16(21(15,17)18)14-8-6-12(4-2)20-14;1-2-6-4-3-5-7-6;5-3-1-2-4(6)9(3,7)8;3*1-3-4-2;/h5-10H,3-4H2,1-2H3;3-4H,2H2,1H3;1-2H;3*1,3-4H2,2H3;. The number of unbranched alkanes of at least 4 members (excludes halogenated alkanes) is 3. The van der Waals surface area contributed by atoms with Gasteiger partial charge >= 0.3 is 136 Å². The Balaban J connectivity index is 0.000000218. The van der Waals surface area contributed by atoms with Gasteiger partial charge in [-0.3, -0.25) is 0 Å². The fraction of sp³-hybridized carbons (Fsp3) is 0.474. The van der Waals surface area contributed by atoms with Crippen LogP contribution >= 0.6 is 79.2 Å². The third-order valence-electron chi connectivity index (χ3n) is 8.89. The Kier molecular flexibility index (Phi) is 19.0. The van der Waals surface area contributed by atoms with E-state index >= 15 is 0 Å². The molecule has 3 aromatic rings. The van der Waals surface area contributed by atoms with Crippen molar-refractivity contribution in [3.63, 3.8) is 0 Å². The van der Waals surface area contributed by atoms with Crippen molar-refractivity contribution in [1.82, 2.24) is 0 Å². The van der Waals surface area contributed by atoms with Crippen LogP contribution in [0.4, 0.5) is 0 Å². The molecule has 0 spiro atoms. The molecule has 0 N–H and O–H groups in total. The van der Waals surface area contributed by atoms with Crippen LogP contribution < -0.4 is 2.89 Å². The van der Waals surface area contributed by atoms with E-state index in [1.807, 2.05) is 27.2 Å². The molecule has 0 aliphatic carbocycles. The van der Waals surface area contributed by atoms with Crippen molar-refractivity contribution >= 4 is 130 Å². The first kappa shape index (κ1) is 44.6. The van der Waals surface area contributed by atoms with Gasteiger partial charge in [0.25, 0.3) is 0 Å². The maximum atomic E-state index is 12.8. The summed E-state index contributed by atoms with van der Waals surface area (Å²) in [5.74, 6) is 0. The molecule has 5 rings (SSSR count). The summed E-state index contributed by atoms with van der Waals surface area (Å²) in [5, 5.41) is 0. The smallest absolute Gasteiger partial charge is 0.218 e. The molecular formula is C38H52I2O4S5Sn. The van der Waals surface area contributed by atoms with E-state index in [0.29, 0.717) is 15.6 Å². The SMILES string of the molecule is CCC[CH2][Sn]([CH2]CCC)([CH2]CCC)[c]1ccc(CC)s1.CCc1ccc(C2=CC=C(c3ccc(CC)s3)S2(=O)=O)s1.O=S1(=O)C(I)=CC=C1I. The summed E-state index contributed by atoms with van der Waals surface area (Å²) in [4.78, 5) is 6.58. The third kappa shape index (κ3) is 11.6. The Morgan fingerprint density at radius 3 is 1.20 bits per heavy atom. The maximum absolute atomic E-state index is 12.8. The molecule has 12 heteroatoms. The first-order chi connectivity index (χ1) is 23.8. The first-order valence-corrected chi connectivity index (χ1v) is 32.8. The van der Waals surface area contributed by atoms with Gasteiger partial charge in [0, 0.05) is 19.5 Å². The minimum Gasteiger partial charge on any atom is -0.218 e. The fourth-order valence-corrected chi connectivity index (χ4v) is 33.9. The molecule has 0 radical (unpaired) electrons. The van der Waals surface area contributed by atoms with Crippen molar-refractivity contribution in [2.75, 3.05) is 0 Å². The van der Waals surface area contributed by atoms with Crippen molar-refractivity contribution in [1.29, 1.82) is 0 Å². The molecule has 4 nitrogen and oxygen atoms in total. The molecule has 0 bridgehead atoms. The number of hydrogen-bond donors (Lipinski definition) is 0. The summed E-state index contributed by atoms with van der Waals surface area (Å²) in [6.07, 6.45) is 18.3. The molecule has 2 aliphatic heterocycles. The van der Waals surface area contributed by atoms with Crippen molar-refractivity contribution < 1.29 is 16.8 Å². The molecule has 5 heterocycles. The van der Waals surface area contributed by atoms with E-state index in [9.17, 15) is 16.8 Å². The van der Waals surface area contributed by atoms with E-state index in [1.165, 1.54) is 54.7 Å². The van der Waals surface area contributed by atoms with Crippen LogP contribution in [0.5, 0.6) is 0 Å². The topological polar surface area (TPSA) is 68.3 Å². The van der Waals surface area contributed by atoms with Crippen LogP contribution in [0.25, 0.3) is 9.81 Å². The Labute approximate surface area is 346 Å². The second-order valence-electron chi connectivity index (χ2n) is 12.5. The normalized spacial score (nSPS) is 16.1. The molecule has 276 valence electrons. The van der Waals surface area contributed by atoms with Gasteiger partial charge in [-0.05, 0) is 107 Å². The van der Waals surface area contributed by atoms with Gasteiger partial charge in [-0.1, -0.05) is 13.8 Å². The van der Waals surface area contributed by atoms with E-state index in [-0.39, 0.29) is 0 Å². The minimum atomic E-state index is -3.38.